The Hall–Kier alpha value is -1.19. The average molecular weight is 333 g/mol. The summed E-state index contributed by atoms with van der Waals surface area (Å²) >= 11 is 0. The van der Waals surface area contributed by atoms with Gasteiger partial charge in [-0.15, -0.1) is 0 Å². The van der Waals surface area contributed by atoms with Crippen LogP contribution in [0.15, 0.2) is 18.2 Å². The second-order valence-corrected chi connectivity index (χ2v) is 5.48. The van der Waals surface area contributed by atoms with Gasteiger partial charge in [0, 0.05) is 18.7 Å². The van der Waals surface area contributed by atoms with Crippen molar-refractivity contribution in [3.63, 3.8) is 0 Å². The number of rotatable bonds is 5. The average Bonchev–Trinajstić information content (AvgIpc) is 2.41. The molecule has 2 fully saturated rings. The zero-order valence-corrected chi connectivity index (χ0v) is 12.7. The second-order valence-electron chi connectivity index (χ2n) is 5.48. The first-order chi connectivity index (χ1) is 10.8. The Morgan fingerprint density at radius 2 is 1.70 bits per heavy atom. The highest BCUT2D eigenvalue weighted by Crippen LogP contribution is 2.37. The SMILES string of the molecule is CC1OC(CNCc2cc(C(F)(F)F)ccc2C2OC(C)O2)O1. The Bertz CT molecular complexity index is 554. The van der Waals surface area contributed by atoms with Gasteiger partial charge < -0.3 is 24.3 Å². The highest BCUT2D eigenvalue weighted by atomic mass is 19.4. The second kappa shape index (κ2) is 6.37. The van der Waals surface area contributed by atoms with Gasteiger partial charge in [-0.25, -0.2) is 0 Å². The maximum atomic E-state index is 12.9. The van der Waals surface area contributed by atoms with E-state index in [1.165, 1.54) is 6.07 Å². The third-order valence-corrected chi connectivity index (χ3v) is 3.67. The summed E-state index contributed by atoms with van der Waals surface area (Å²) in [5.74, 6) is 0. The normalized spacial score (nSPS) is 30.7. The molecule has 0 aliphatic carbocycles. The lowest BCUT2D eigenvalue weighted by atomic mass is 10.0. The first-order valence-electron chi connectivity index (χ1n) is 7.35. The summed E-state index contributed by atoms with van der Waals surface area (Å²) in [6.07, 6.45) is -5.96. The molecule has 23 heavy (non-hydrogen) atoms. The Balaban J connectivity index is 1.68. The quantitative estimate of drug-likeness (QED) is 0.898. The summed E-state index contributed by atoms with van der Waals surface area (Å²) < 4.78 is 60.0. The molecule has 0 unspecified atom stereocenters. The number of alkyl halides is 3. The molecule has 0 saturated carbocycles. The number of hydrogen-bond donors (Lipinski definition) is 1. The summed E-state index contributed by atoms with van der Waals surface area (Å²) in [6.45, 7) is 4.12. The Morgan fingerprint density at radius 1 is 1.04 bits per heavy atom. The molecule has 2 saturated heterocycles. The van der Waals surface area contributed by atoms with Crippen molar-refractivity contribution in [3.05, 3.63) is 34.9 Å². The molecule has 0 radical (unpaired) electrons. The molecule has 2 aliphatic rings. The number of halogens is 3. The van der Waals surface area contributed by atoms with Gasteiger partial charge >= 0.3 is 6.18 Å². The van der Waals surface area contributed by atoms with Crippen LogP contribution in [0.5, 0.6) is 0 Å². The molecule has 3 rings (SSSR count). The van der Waals surface area contributed by atoms with E-state index >= 15 is 0 Å². The summed E-state index contributed by atoms with van der Waals surface area (Å²) in [5.41, 5.74) is 0.367. The van der Waals surface area contributed by atoms with Gasteiger partial charge in [-0.3, -0.25) is 0 Å². The predicted octanol–water partition coefficient (Wildman–Crippen LogP) is 2.91. The molecular formula is C15H18F3NO4. The van der Waals surface area contributed by atoms with E-state index in [1.54, 1.807) is 13.8 Å². The van der Waals surface area contributed by atoms with E-state index in [4.69, 9.17) is 18.9 Å². The topological polar surface area (TPSA) is 49.0 Å². The molecule has 8 heteroatoms. The fourth-order valence-corrected chi connectivity index (χ4v) is 2.53. The zero-order chi connectivity index (χ0) is 16.6. The zero-order valence-electron chi connectivity index (χ0n) is 12.7. The smallest absolute Gasteiger partial charge is 0.323 e. The summed E-state index contributed by atoms with van der Waals surface area (Å²) in [4.78, 5) is 0. The minimum Gasteiger partial charge on any atom is -0.323 e. The van der Waals surface area contributed by atoms with Crippen molar-refractivity contribution in [1.29, 1.82) is 0 Å². The van der Waals surface area contributed by atoms with Gasteiger partial charge in [-0.1, -0.05) is 6.07 Å². The number of benzene rings is 1. The number of hydrogen-bond acceptors (Lipinski definition) is 5. The van der Waals surface area contributed by atoms with Crippen molar-refractivity contribution in [1.82, 2.24) is 5.32 Å². The van der Waals surface area contributed by atoms with E-state index < -0.39 is 18.0 Å². The monoisotopic (exact) mass is 333 g/mol. The van der Waals surface area contributed by atoms with Gasteiger partial charge in [-0.2, -0.15) is 13.2 Å². The number of ether oxygens (including phenoxy) is 4. The molecule has 1 aromatic carbocycles. The minimum absolute atomic E-state index is 0.231. The third-order valence-electron chi connectivity index (χ3n) is 3.67. The highest BCUT2D eigenvalue weighted by Gasteiger charge is 2.34. The third kappa shape index (κ3) is 3.84. The van der Waals surface area contributed by atoms with Crippen molar-refractivity contribution < 1.29 is 32.1 Å². The van der Waals surface area contributed by atoms with Crippen molar-refractivity contribution >= 4 is 0 Å². The predicted molar refractivity (Wildman–Crippen MR) is 72.9 cm³/mol. The van der Waals surface area contributed by atoms with Crippen LogP contribution in [0.4, 0.5) is 13.2 Å². The van der Waals surface area contributed by atoms with Gasteiger partial charge in [0.05, 0.1) is 5.56 Å². The van der Waals surface area contributed by atoms with Crippen molar-refractivity contribution in [2.24, 2.45) is 0 Å². The van der Waals surface area contributed by atoms with Crippen molar-refractivity contribution in [2.75, 3.05) is 6.54 Å². The first-order valence-corrected chi connectivity index (χ1v) is 7.35. The van der Waals surface area contributed by atoms with Crippen LogP contribution >= 0.6 is 0 Å². The Kier molecular flexibility index (Phi) is 4.61. The summed E-state index contributed by atoms with van der Waals surface area (Å²) in [7, 11) is 0. The molecule has 0 spiro atoms. The Labute approximate surface area is 131 Å². The molecular weight excluding hydrogens is 315 g/mol. The lowest BCUT2D eigenvalue weighted by Crippen LogP contribution is -2.45. The minimum atomic E-state index is -4.39. The van der Waals surface area contributed by atoms with Crippen LogP contribution in [0.1, 0.15) is 36.8 Å². The Morgan fingerprint density at radius 3 is 2.26 bits per heavy atom. The molecule has 1 N–H and O–H groups in total. The maximum Gasteiger partial charge on any atom is 0.416 e. The van der Waals surface area contributed by atoms with Crippen molar-refractivity contribution in [2.45, 2.75) is 51.7 Å². The van der Waals surface area contributed by atoms with Crippen LogP contribution in [0.25, 0.3) is 0 Å². The molecule has 0 amide bonds. The largest absolute Gasteiger partial charge is 0.416 e. The van der Waals surface area contributed by atoms with Crippen LogP contribution in [-0.2, 0) is 31.7 Å². The van der Waals surface area contributed by atoms with E-state index in [9.17, 15) is 13.2 Å². The lowest BCUT2D eigenvalue weighted by Gasteiger charge is -2.36. The molecule has 128 valence electrons. The summed E-state index contributed by atoms with van der Waals surface area (Å²) in [5, 5.41) is 3.03. The highest BCUT2D eigenvalue weighted by molar-refractivity contribution is 5.34. The lowest BCUT2D eigenvalue weighted by molar-refractivity contribution is -0.382. The van der Waals surface area contributed by atoms with E-state index in [0.717, 1.165) is 12.1 Å². The van der Waals surface area contributed by atoms with Gasteiger partial charge in [0.25, 0.3) is 0 Å². The maximum absolute atomic E-state index is 12.9. The first kappa shape index (κ1) is 16.7. The van der Waals surface area contributed by atoms with Gasteiger partial charge in [0.15, 0.2) is 25.2 Å². The van der Waals surface area contributed by atoms with Gasteiger partial charge in [-0.05, 0) is 31.5 Å². The van der Waals surface area contributed by atoms with Crippen LogP contribution in [-0.4, -0.2) is 25.4 Å². The molecule has 2 heterocycles. The molecule has 0 atom stereocenters. The molecule has 5 nitrogen and oxygen atoms in total. The van der Waals surface area contributed by atoms with Crippen LogP contribution in [0, 0.1) is 0 Å². The van der Waals surface area contributed by atoms with Gasteiger partial charge in [0.2, 0.25) is 0 Å². The molecule has 2 aliphatic heterocycles. The van der Waals surface area contributed by atoms with E-state index in [-0.39, 0.29) is 25.4 Å². The van der Waals surface area contributed by atoms with Crippen LogP contribution in [0.3, 0.4) is 0 Å². The fourth-order valence-electron chi connectivity index (χ4n) is 2.53. The van der Waals surface area contributed by atoms with Crippen LogP contribution < -0.4 is 5.32 Å². The molecule has 0 aromatic heterocycles. The van der Waals surface area contributed by atoms with E-state index in [2.05, 4.69) is 5.32 Å². The molecule has 1 aromatic rings. The standard InChI is InChI=1S/C15H18F3NO4/c1-8-20-13(21-8)7-19-6-10-5-11(15(16,17)18)3-4-12(10)14-22-9(2)23-14/h3-5,8-9,13-14,19H,6-7H2,1-2H3. The van der Waals surface area contributed by atoms with E-state index in [0.29, 0.717) is 17.7 Å². The van der Waals surface area contributed by atoms with E-state index in [1.807, 2.05) is 0 Å². The van der Waals surface area contributed by atoms with Crippen molar-refractivity contribution in [3.8, 4) is 0 Å². The van der Waals surface area contributed by atoms with Crippen LogP contribution in [0.2, 0.25) is 0 Å². The molecule has 0 bridgehead atoms. The summed E-state index contributed by atoms with van der Waals surface area (Å²) in [6, 6.07) is 3.55. The number of nitrogens with one attached hydrogen (secondary N) is 1. The van der Waals surface area contributed by atoms with Gasteiger partial charge in [0.1, 0.15) is 0 Å². The fraction of sp³-hybridized carbons (Fsp3) is 0.600.